The van der Waals surface area contributed by atoms with Gasteiger partial charge in [-0.3, -0.25) is 4.79 Å². The van der Waals surface area contributed by atoms with Crippen molar-refractivity contribution in [1.29, 1.82) is 0 Å². The Labute approximate surface area is 234 Å². The Balaban J connectivity index is 1.31. The van der Waals surface area contributed by atoms with E-state index in [-0.39, 0.29) is 24.0 Å². The first-order valence-electron chi connectivity index (χ1n) is 14.0. The van der Waals surface area contributed by atoms with E-state index in [0.717, 1.165) is 39.5 Å². The summed E-state index contributed by atoms with van der Waals surface area (Å²) in [6.07, 6.45) is 0.992. The molecule has 0 aromatic heterocycles. The van der Waals surface area contributed by atoms with E-state index in [1.807, 2.05) is 24.3 Å². The Hall–Kier alpha value is -3.75. The molecule has 3 aromatic carbocycles. The minimum Gasteiger partial charge on any atom is -0.486 e. The minimum absolute atomic E-state index is 0.0461. The quantitative estimate of drug-likeness (QED) is 0.481. The molecule has 0 bridgehead atoms. The molecule has 0 spiro atoms. The Morgan fingerprint density at radius 2 is 1.43 bits per heavy atom. The lowest BCUT2D eigenvalue weighted by Crippen LogP contribution is -2.52. The molecule has 4 heterocycles. The first-order valence-corrected chi connectivity index (χ1v) is 14.0. The number of hydrogen-bond donors (Lipinski definition) is 0. The van der Waals surface area contributed by atoms with Crippen molar-refractivity contribution in [2.75, 3.05) is 47.1 Å². The van der Waals surface area contributed by atoms with Gasteiger partial charge in [-0.05, 0) is 72.6 Å². The summed E-state index contributed by atoms with van der Waals surface area (Å²) in [5.74, 6) is 3.04. The van der Waals surface area contributed by atoms with Gasteiger partial charge in [-0.25, -0.2) is 0 Å². The van der Waals surface area contributed by atoms with E-state index >= 15 is 0 Å². The van der Waals surface area contributed by atoms with Crippen LogP contribution >= 0.6 is 0 Å². The maximum absolute atomic E-state index is 14.2. The number of nitrogens with zero attached hydrogens (tertiary/aromatic N) is 2. The van der Waals surface area contributed by atoms with Crippen molar-refractivity contribution in [3.63, 3.8) is 0 Å². The molecule has 8 heteroatoms. The zero-order valence-corrected chi connectivity index (χ0v) is 22.9. The Kier molecular flexibility index (Phi) is 6.52. The average molecular weight is 543 g/mol. The monoisotopic (exact) mass is 542 g/mol. The van der Waals surface area contributed by atoms with Crippen LogP contribution in [0.25, 0.3) is 0 Å². The molecule has 0 saturated heterocycles. The Bertz CT molecular complexity index is 1420. The van der Waals surface area contributed by atoms with Gasteiger partial charge < -0.3 is 33.5 Å². The van der Waals surface area contributed by atoms with Crippen molar-refractivity contribution in [3.05, 3.63) is 82.4 Å². The molecule has 0 fully saturated rings. The number of carbonyl (C=O) groups excluding carboxylic acids is 1. The molecule has 0 saturated carbocycles. The molecule has 8 nitrogen and oxygen atoms in total. The SMILES string of the molecule is CN(C)[C@@H]1c2cc3c(cc2CC(=O)N2C1Cc1cc4c(cc1[C@@H]2COCc1ccccc1)OCCO4)OCCO3. The van der Waals surface area contributed by atoms with Gasteiger partial charge in [0.15, 0.2) is 23.0 Å². The molecule has 7 rings (SSSR count). The Morgan fingerprint density at radius 1 is 0.825 bits per heavy atom. The van der Waals surface area contributed by atoms with Gasteiger partial charge in [0, 0.05) is 0 Å². The van der Waals surface area contributed by atoms with Crippen LogP contribution in [0.2, 0.25) is 0 Å². The fourth-order valence-electron chi connectivity index (χ4n) is 6.65. The minimum atomic E-state index is -0.264. The third-order valence-electron chi connectivity index (χ3n) is 8.35. The predicted octanol–water partition coefficient (Wildman–Crippen LogP) is 4.10. The summed E-state index contributed by atoms with van der Waals surface area (Å²) in [5, 5.41) is 0. The number of rotatable bonds is 5. The van der Waals surface area contributed by atoms with Gasteiger partial charge in [-0.2, -0.15) is 0 Å². The fraction of sp³-hybridized carbons (Fsp3) is 0.406. The summed E-state index contributed by atoms with van der Waals surface area (Å²) in [7, 11) is 4.17. The lowest BCUT2D eigenvalue weighted by molar-refractivity contribution is -0.140. The predicted molar refractivity (Wildman–Crippen MR) is 148 cm³/mol. The van der Waals surface area contributed by atoms with E-state index in [1.165, 1.54) is 5.56 Å². The summed E-state index contributed by atoms with van der Waals surface area (Å²) in [5.41, 5.74) is 5.43. The van der Waals surface area contributed by atoms with E-state index in [4.69, 9.17) is 23.7 Å². The van der Waals surface area contributed by atoms with E-state index in [0.29, 0.717) is 58.2 Å². The van der Waals surface area contributed by atoms with Gasteiger partial charge in [0.25, 0.3) is 0 Å². The molecule has 40 heavy (non-hydrogen) atoms. The number of fused-ring (bicyclic) bond motifs is 5. The largest absolute Gasteiger partial charge is 0.486 e. The van der Waals surface area contributed by atoms with Gasteiger partial charge in [0.1, 0.15) is 26.4 Å². The number of amides is 1. The van der Waals surface area contributed by atoms with Crippen LogP contribution in [-0.2, 0) is 29.0 Å². The molecule has 4 aliphatic heterocycles. The van der Waals surface area contributed by atoms with Gasteiger partial charge in [0.2, 0.25) is 5.91 Å². The van der Waals surface area contributed by atoms with Crippen LogP contribution in [0.4, 0.5) is 0 Å². The molecular weight excluding hydrogens is 508 g/mol. The van der Waals surface area contributed by atoms with E-state index in [1.54, 1.807) is 0 Å². The zero-order valence-electron chi connectivity index (χ0n) is 22.9. The van der Waals surface area contributed by atoms with Crippen LogP contribution in [0.15, 0.2) is 54.6 Å². The van der Waals surface area contributed by atoms with Gasteiger partial charge in [-0.1, -0.05) is 30.3 Å². The summed E-state index contributed by atoms with van der Waals surface area (Å²) < 4.78 is 30.1. The number of carbonyl (C=O) groups is 1. The van der Waals surface area contributed by atoms with Gasteiger partial charge >= 0.3 is 0 Å². The lowest BCUT2D eigenvalue weighted by atomic mass is 9.83. The third-order valence-corrected chi connectivity index (χ3v) is 8.35. The molecule has 0 radical (unpaired) electrons. The van der Waals surface area contributed by atoms with Crippen LogP contribution in [0.3, 0.4) is 0 Å². The average Bonchev–Trinajstić information content (AvgIpc) is 3.08. The van der Waals surface area contributed by atoms with Crippen LogP contribution in [0.1, 0.15) is 39.9 Å². The van der Waals surface area contributed by atoms with E-state index in [9.17, 15) is 4.79 Å². The molecule has 3 aromatic rings. The van der Waals surface area contributed by atoms with Crippen molar-refractivity contribution >= 4 is 5.91 Å². The summed E-state index contributed by atoms with van der Waals surface area (Å²) in [6.45, 7) is 2.93. The van der Waals surface area contributed by atoms with Gasteiger partial charge in [-0.15, -0.1) is 0 Å². The number of benzene rings is 3. The molecule has 3 atom stereocenters. The molecule has 1 amide bonds. The first-order chi connectivity index (χ1) is 19.6. The molecular formula is C32H34N2O6. The van der Waals surface area contributed by atoms with Crippen LogP contribution in [-0.4, -0.2) is 68.9 Å². The van der Waals surface area contributed by atoms with Crippen molar-refractivity contribution in [3.8, 4) is 23.0 Å². The highest BCUT2D eigenvalue weighted by atomic mass is 16.6. The van der Waals surface area contributed by atoms with Crippen LogP contribution in [0, 0.1) is 0 Å². The standard InChI is InChI=1S/C32H34N2O6/c1-33(2)32-24-17-30-28(38-9-11-40-30)14-22(24)15-31(35)34-25(32)12-21-13-27-29(39-10-8-37-27)16-23(21)26(34)19-36-18-20-6-4-3-5-7-20/h3-7,13-14,16-17,25-26,32H,8-12,15,18-19H2,1-2H3/t25?,26-,32+/m0/s1. The normalized spacial score (nSPS) is 22.7. The maximum atomic E-state index is 14.2. The van der Waals surface area contributed by atoms with Crippen molar-refractivity contribution in [1.82, 2.24) is 9.80 Å². The zero-order chi connectivity index (χ0) is 27.2. The molecule has 208 valence electrons. The molecule has 1 unspecified atom stereocenters. The first kappa shape index (κ1) is 25.2. The highest BCUT2D eigenvalue weighted by molar-refractivity contribution is 5.82. The lowest BCUT2D eigenvalue weighted by Gasteiger charge is -2.47. The number of ether oxygens (including phenoxy) is 5. The number of likely N-dealkylation sites (N-methyl/N-ethyl adjacent to an activating group) is 1. The fourth-order valence-corrected chi connectivity index (χ4v) is 6.65. The van der Waals surface area contributed by atoms with Crippen LogP contribution in [0.5, 0.6) is 23.0 Å². The molecule has 0 N–H and O–H groups in total. The second-order valence-electron chi connectivity index (χ2n) is 11.1. The van der Waals surface area contributed by atoms with E-state index in [2.05, 4.69) is 54.2 Å². The summed E-state index contributed by atoms with van der Waals surface area (Å²) in [6, 6.07) is 18.0. The Morgan fingerprint density at radius 3 is 2.08 bits per heavy atom. The van der Waals surface area contributed by atoms with Crippen LogP contribution < -0.4 is 18.9 Å². The van der Waals surface area contributed by atoms with Crippen molar-refractivity contribution in [2.45, 2.75) is 37.6 Å². The summed E-state index contributed by atoms with van der Waals surface area (Å²) >= 11 is 0. The second kappa shape index (κ2) is 10.3. The molecule has 4 aliphatic rings. The van der Waals surface area contributed by atoms with Crippen molar-refractivity contribution < 1.29 is 28.5 Å². The summed E-state index contributed by atoms with van der Waals surface area (Å²) in [4.78, 5) is 18.5. The smallest absolute Gasteiger partial charge is 0.227 e. The molecule has 0 aliphatic carbocycles. The van der Waals surface area contributed by atoms with Crippen molar-refractivity contribution in [2.24, 2.45) is 0 Å². The highest BCUT2D eigenvalue weighted by Gasteiger charge is 2.46. The van der Waals surface area contributed by atoms with Gasteiger partial charge in [0.05, 0.1) is 37.8 Å². The second-order valence-corrected chi connectivity index (χ2v) is 11.1. The third kappa shape index (κ3) is 4.45. The van der Waals surface area contributed by atoms with E-state index < -0.39 is 0 Å². The maximum Gasteiger partial charge on any atom is 0.227 e. The number of hydrogen-bond acceptors (Lipinski definition) is 7. The highest BCUT2D eigenvalue weighted by Crippen LogP contribution is 2.48. The topological polar surface area (TPSA) is 69.7 Å².